The minimum absolute atomic E-state index is 0.179. The number of benzene rings is 1. The minimum atomic E-state index is -0.179. The number of hydrogen-bond acceptors (Lipinski definition) is 3. The molecule has 0 saturated heterocycles. The van der Waals surface area contributed by atoms with E-state index in [-0.39, 0.29) is 5.91 Å². The number of nitrogens with one attached hydrogen (secondary N) is 2. The fourth-order valence-corrected chi connectivity index (χ4v) is 2.58. The van der Waals surface area contributed by atoms with Gasteiger partial charge in [0.1, 0.15) is 12.1 Å². The largest absolute Gasteiger partial charge is 0.472 e. The molecule has 0 radical (unpaired) electrons. The number of carbonyl (C=O) groups excluding carboxylic acids is 1. The maximum absolute atomic E-state index is 12.0. The van der Waals surface area contributed by atoms with Gasteiger partial charge in [-0.3, -0.25) is 4.79 Å². The number of carbonyl (C=O) groups is 1. The molecule has 1 fully saturated rings. The van der Waals surface area contributed by atoms with E-state index in [1.54, 1.807) is 6.07 Å². The first kappa shape index (κ1) is 12.2. The smallest absolute Gasteiger partial charge is 0.258 e. The van der Waals surface area contributed by atoms with E-state index in [9.17, 15) is 4.79 Å². The molecule has 0 atom stereocenters. The maximum atomic E-state index is 12.0. The lowest BCUT2D eigenvalue weighted by Crippen LogP contribution is -2.10. The molecule has 0 unspecified atom stereocenters. The Morgan fingerprint density at radius 3 is 2.95 bits per heavy atom. The number of anilines is 1. The summed E-state index contributed by atoms with van der Waals surface area (Å²) in [6, 6.07) is 7.35. The van der Waals surface area contributed by atoms with Gasteiger partial charge < -0.3 is 14.7 Å². The Labute approximate surface area is 121 Å². The lowest BCUT2D eigenvalue weighted by atomic mass is 9.85. The number of H-pyrrole nitrogens is 1. The zero-order valence-electron chi connectivity index (χ0n) is 11.4. The number of rotatable bonds is 3. The normalized spacial score (nSPS) is 15.0. The van der Waals surface area contributed by atoms with Crippen LogP contribution in [0, 0.1) is 0 Å². The van der Waals surface area contributed by atoms with Crippen molar-refractivity contribution in [2.75, 3.05) is 5.32 Å². The number of furan rings is 1. The predicted octanol–water partition coefficient (Wildman–Crippen LogP) is 3.68. The number of aromatic amines is 1. The summed E-state index contributed by atoms with van der Waals surface area (Å²) in [6.45, 7) is 0. The van der Waals surface area contributed by atoms with Crippen molar-refractivity contribution in [3.63, 3.8) is 0 Å². The predicted molar refractivity (Wildman–Crippen MR) is 79.3 cm³/mol. The first-order valence-corrected chi connectivity index (χ1v) is 7.13. The summed E-state index contributed by atoms with van der Waals surface area (Å²) < 4.78 is 4.92. The Morgan fingerprint density at radius 2 is 2.24 bits per heavy atom. The highest BCUT2D eigenvalue weighted by Gasteiger charge is 2.22. The molecular weight excluding hydrogens is 266 g/mol. The first-order chi connectivity index (χ1) is 10.3. The molecule has 1 aliphatic rings. The van der Waals surface area contributed by atoms with E-state index in [0.29, 0.717) is 11.5 Å². The topological polar surface area (TPSA) is 70.9 Å². The molecule has 1 aromatic carbocycles. The monoisotopic (exact) mass is 281 g/mol. The molecule has 1 amide bonds. The lowest BCUT2D eigenvalue weighted by Gasteiger charge is -2.22. The fourth-order valence-electron chi connectivity index (χ4n) is 2.58. The Morgan fingerprint density at radius 1 is 1.33 bits per heavy atom. The molecule has 0 spiro atoms. The summed E-state index contributed by atoms with van der Waals surface area (Å²) in [7, 11) is 0. The van der Waals surface area contributed by atoms with Gasteiger partial charge >= 0.3 is 0 Å². The molecule has 3 aromatic rings. The minimum Gasteiger partial charge on any atom is -0.472 e. The van der Waals surface area contributed by atoms with Crippen LogP contribution >= 0.6 is 0 Å². The van der Waals surface area contributed by atoms with Gasteiger partial charge in [0.25, 0.3) is 5.91 Å². The van der Waals surface area contributed by atoms with Crippen molar-refractivity contribution in [3.8, 4) is 0 Å². The number of nitrogens with zero attached hydrogens (tertiary/aromatic N) is 1. The molecule has 0 aliphatic heterocycles. The van der Waals surface area contributed by atoms with Gasteiger partial charge in [-0.2, -0.15) is 0 Å². The third-order valence-corrected chi connectivity index (χ3v) is 4.03. The molecule has 2 heterocycles. The van der Waals surface area contributed by atoms with Crippen molar-refractivity contribution in [1.82, 2.24) is 9.97 Å². The Hall–Kier alpha value is -2.56. The molecule has 5 heteroatoms. The standard InChI is InChI=1S/C16H15N3O2/c20-16(11-6-7-21-9-11)17-12-4-5-13-14(8-12)19-15(18-13)10-2-1-3-10/h4-10H,1-3H2,(H,17,20)(H,18,19). The molecule has 0 bridgehead atoms. The van der Waals surface area contributed by atoms with Crippen LogP contribution in [0.4, 0.5) is 5.69 Å². The van der Waals surface area contributed by atoms with Gasteiger partial charge in [0.15, 0.2) is 0 Å². The van der Waals surface area contributed by atoms with Crippen molar-refractivity contribution in [2.24, 2.45) is 0 Å². The van der Waals surface area contributed by atoms with Crippen LogP contribution in [-0.2, 0) is 0 Å². The summed E-state index contributed by atoms with van der Waals surface area (Å²) in [5, 5.41) is 2.86. The van der Waals surface area contributed by atoms with E-state index >= 15 is 0 Å². The highest BCUT2D eigenvalue weighted by Crippen LogP contribution is 2.35. The number of imidazole rings is 1. The molecule has 5 nitrogen and oxygen atoms in total. The highest BCUT2D eigenvalue weighted by atomic mass is 16.3. The molecule has 106 valence electrons. The molecule has 2 N–H and O–H groups in total. The van der Waals surface area contributed by atoms with Crippen molar-refractivity contribution in [3.05, 3.63) is 48.2 Å². The van der Waals surface area contributed by atoms with Crippen LogP contribution in [0.5, 0.6) is 0 Å². The van der Waals surface area contributed by atoms with Gasteiger partial charge in [-0.05, 0) is 37.1 Å². The summed E-state index contributed by atoms with van der Waals surface area (Å²) in [5.74, 6) is 1.46. The molecular formula is C16H15N3O2. The van der Waals surface area contributed by atoms with E-state index in [2.05, 4.69) is 15.3 Å². The third-order valence-electron chi connectivity index (χ3n) is 4.03. The van der Waals surface area contributed by atoms with E-state index < -0.39 is 0 Å². The molecule has 4 rings (SSSR count). The van der Waals surface area contributed by atoms with Crippen molar-refractivity contribution in [1.29, 1.82) is 0 Å². The summed E-state index contributed by atoms with van der Waals surface area (Å²) >= 11 is 0. The van der Waals surface area contributed by atoms with Crippen LogP contribution < -0.4 is 5.32 Å². The van der Waals surface area contributed by atoms with Gasteiger partial charge in [-0.15, -0.1) is 0 Å². The Balaban J connectivity index is 1.59. The van der Waals surface area contributed by atoms with E-state index in [1.165, 1.54) is 31.8 Å². The Bertz CT molecular complexity index is 785. The number of hydrogen-bond donors (Lipinski definition) is 2. The summed E-state index contributed by atoms with van der Waals surface area (Å²) in [5.41, 5.74) is 3.16. The molecule has 21 heavy (non-hydrogen) atoms. The van der Waals surface area contributed by atoms with E-state index in [4.69, 9.17) is 4.42 Å². The van der Waals surface area contributed by atoms with Gasteiger partial charge in [0, 0.05) is 11.6 Å². The zero-order valence-corrected chi connectivity index (χ0v) is 11.4. The van der Waals surface area contributed by atoms with E-state index in [0.717, 1.165) is 22.5 Å². The van der Waals surface area contributed by atoms with Crippen molar-refractivity contribution < 1.29 is 9.21 Å². The van der Waals surface area contributed by atoms with Gasteiger partial charge in [0.2, 0.25) is 0 Å². The molecule has 1 aliphatic carbocycles. The average molecular weight is 281 g/mol. The van der Waals surface area contributed by atoms with E-state index in [1.807, 2.05) is 18.2 Å². The number of aromatic nitrogens is 2. The third kappa shape index (κ3) is 2.20. The second-order valence-electron chi connectivity index (χ2n) is 5.45. The first-order valence-electron chi connectivity index (χ1n) is 7.13. The number of fused-ring (bicyclic) bond motifs is 1. The molecule has 1 saturated carbocycles. The molecule has 2 aromatic heterocycles. The Kier molecular flexibility index (Phi) is 2.77. The highest BCUT2D eigenvalue weighted by molar-refractivity contribution is 6.04. The van der Waals surface area contributed by atoms with Crippen LogP contribution in [0.2, 0.25) is 0 Å². The van der Waals surface area contributed by atoms with Gasteiger partial charge in [-0.25, -0.2) is 4.98 Å². The van der Waals surface area contributed by atoms with Gasteiger partial charge in [-0.1, -0.05) is 6.42 Å². The van der Waals surface area contributed by atoms with Crippen molar-refractivity contribution >= 4 is 22.6 Å². The van der Waals surface area contributed by atoms with Crippen LogP contribution in [0.1, 0.15) is 41.4 Å². The lowest BCUT2D eigenvalue weighted by molar-refractivity contribution is 0.102. The average Bonchev–Trinajstić information content (AvgIpc) is 3.04. The second-order valence-corrected chi connectivity index (χ2v) is 5.45. The second kappa shape index (κ2) is 4.77. The SMILES string of the molecule is O=C(Nc1ccc2nc(C3CCC3)[nH]c2c1)c1ccoc1. The van der Waals surface area contributed by atoms with Gasteiger partial charge in [0.05, 0.1) is 22.9 Å². The quantitative estimate of drug-likeness (QED) is 0.769. The van der Waals surface area contributed by atoms with Crippen molar-refractivity contribution in [2.45, 2.75) is 25.2 Å². The fraction of sp³-hybridized carbons (Fsp3) is 0.250. The van der Waals surface area contributed by atoms with Crippen LogP contribution in [0.15, 0.2) is 41.2 Å². The maximum Gasteiger partial charge on any atom is 0.258 e. The van der Waals surface area contributed by atoms with Crippen LogP contribution in [0.3, 0.4) is 0 Å². The zero-order chi connectivity index (χ0) is 14.2. The summed E-state index contributed by atoms with van der Waals surface area (Å²) in [6.07, 6.45) is 6.62. The van der Waals surface area contributed by atoms with Crippen LogP contribution in [-0.4, -0.2) is 15.9 Å². The number of amides is 1. The van der Waals surface area contributed by atoms with Crippen LogP contribution in [0.25, 0.3) is 11.0 Å². The summed E-state index contributed by atoms with van der Waals surface area (Å²) in [4.78, 5) is 20.0.